The minimum atomic E-state index is 0.970. The number of epoxide rings is 1. The first-order chi connectivity index (χ1) is 6.91. The standard InChI is InChI=1S/C10H22O.C2H4O/c1-3-5-7-9-11-10-8-6-4-2;1-2-3-1/h3-10H2,1-2H3;1-2H2. The van der Waals surface area contributed by atoms with Gasteiger partial charge < -0.3 is 9.47 Å². The average Bonchev–Trinajstić information content (AvgIpc) is 3.03. The monoisotopic (exact) mass is 202 g/mol. The van der Waals surface area contributed by atoms with E-state index in [0.29, 0.717) is 0 Å². The van der Waals surface area contributed by atoms with E-state index in [-0.39, 0.29) is 0 Å². The predicted molar refractivity (Wildman–Crippen MR) is 60.7 cm³/mol. The molecule has 1 fully saturated rings. The van der Waals surface area contributed by atoms with Crippen molar-refractivity contribution in [3.63, 3.8) is 0 Å². The Morgan fingerprint density at radius 1 is 0.857 bits per heavy atom. The predicted octanol–water partition coefficient (Wildman–Crippen LogP) is 3.40. The fourth-order valence-corrected chi connectivity index (χ4v) is 1.01. The van der Waals surface area contributed by atoms with E-state index >= 15 is 0 Å². The van der Waals surface area contributed by atoms with E-state index in [1.807, 2.05) is 0 Å². The largest absolute Gasteiger partial charge is 0.381 e. The van der Waals surface area contributed by atoms with Gasteiger partial charge in [-0.05, 0) is 12.8 Å². The Hall–Kier alpha value is -0.0800. The zero-order valence-electron chi connectivity index (χ0n) is 9.89. The smallest absolute Gasteiger partial charge is 0.0701 e. The maximum absolute atomic E-state index is 5.44. The Morgan fingerprint density at radius 2 is 1.29 bits per heavy atom. The maximum atomic E-state index is 5.44. The van der Waals surface area contributed by atoms with Crippen LogP contribution in [0.25, 0.3) is 0 Å². The van der Waals surface area contributed by atoms with Gasteiger partial charge in [0.1, 0.15) is 0 Å². The molecule has 0 aliphatic carbocycles. The normalized spacial score (nSPS) is 13.3. The summed E-state index contributed by atoms with van der Waals surface area (Å²) in [6, 6.07) is 0. The van der Waals surface area contributed by atoms with Crippen molar-refractivity contribution in [2.45, 2.75) is 52.4 Å². The van der Waals surface area contributed by atoms with E-state index in [1.54, 1.807) is 0 Å². The molecule has 0 N–H and O–H groups in total. The highest BCUT2D eigenvalue weighted by atomic mass is 16.6. The van der Waals surface area contributed by atoms with Gasteiger partial charge in [0, 0.05) is 13.2 Å². The minimum absolute atomic E-state index is 0.970. The van der Waals surface area contributed by atoms with Gasteiger partial charge in [-0.3, -0.25) is 0 Å². The first-order valence-electron chi connectivity index (χ1n) is 6.07. The van der Waals surface area contributed by atoms with Crippen molar-refractivity contribution >= 4 is 0 Å². The molecular weight excluding hydrogens is 176 g/mol. The molecule has 1 rings (SSSR count). The van der Waals surface area contributed by atoms with E-state index in [4.69, 9.17) is 4.74 Å². The van der Waals surface area contributed by atoms with Crippen LogP contribution in [0.1, 0.15) is 52.4 Å². The zero-order valence-corrected chi connectivity index (χ0v) is 9.89. The van der Waals surface area contributed by atoms with Crippen molar-refractivity contribution in [3.8, 4) is 0 Å². The van der Waals surface area contributed by atoms with Gasteiger partial charge in [-0.2, -0.15) is 0 Å². The van der Waals surface area contributed by atoms with E-state index in [9.17, 15) is 0 Å². The summed E-state index contributed by atoms with van der Waals surface area (Å²) >= 11 is 0. The summed E-state index contributed by atoms with van der Waals surface area (Å²) in [4.78, 5) is 0. The van der Waals surface area contributed by atoms with Gasteiger partial charge in [-0.1, -0.05) is 39.5 Å². The highest BCUT2D eigenvalue weighted by Gasteiger charge is 1.94. The first-order valence-corrected chi connectivity index (χ1v) is 6.07. The van der Waals surface area contributed by atoms with Crippen LogP contribution >= 0.6 is 0 Å². The van der Waals surface area contributed by atoms with Crippen molar-refractivity contribution in [1.29, 1.82) is 0 Å². The van der Waals surface area contributed by atoms with Gasteiger partial charge in [0.05, 0.1) is 13.2 Å². The molecule has 86 valence electrons. The average molecular weight is 202 g/mol. The summed E-state index contributed by atoms with van der Waals surface area (Å²) in [6.45, 7) is 8.38. The number of rotatable bonds is 8. The molecule has 0 bridgehead atoms. The van der Waals surface area contributed by atoms with Gasteiger partial charge in [-0.25, -0.2) is 0 Å². The summed E-state index contributed by atoms with van der Waals surface area (Å²) in [6.07, 6.45) is 7.68. The molecule has 1 heterocycles. The molecule has 0 saturated carbocycles. The lowest BCUT2D eigenvalue weighted by Crippen LogP contribution is -1.96. The third-order valence-corrected chi connectivity index (χ3v) is 1.99. The minimum Gasteiger partial charge on any atom is -0.381 e. The van der Waals surface area contributed by atoms with Crippen LogP contribution in [0.4, 0.5) is 0 Å². The molecule has 0 aromatic carbocycles. The van der Waals surface area contributed by atoms with Gasteiger partial charge in [0.25, 0.3) is 0 Å². The van der Waals surface area contributed by atoms with Crippen molar-refractivity contribution in [2.24, 2.45) is 0 Å². The highest BCUT2D eigenvalue weighted by molar-refractivity contribution is 4.38. The SMILES string of the molecule is C1CO1.CCCCCOCCCCC. The lowest BCUT2D eigenvalue weighted by Gasteiger charge is -2.01. The highest BCUT2D eigenvalue weighted by Crippen LogP contribution is 1.97. The molecule has 0 radical (unpaired) electrons. The first kappa shape index (κ1) is 13.9. The Morgan fingerprint density at radius 3 is 1.57 bits per heavy atom. The lowest BCUT2D eigenvalue weighted by molar-refractivity contribution is 0.126. The maximum Gasteiger partial charge on any atom is 0.0701 e. The molecular formula is C12H26O2. The van der Waals surface area contributed by atoms with Gasteiger partial charge >= 0.3 is 0 Å². The molecule has 0 amide bonds. The van der Waals surface area contributed by atoms with Crippen LogP contribution in [0.3, 0.4) is 0 Å². The van der Waals surface area contributed by atoms with Crippen LogP contribution in [0.15, 0.2) is 0 Å². The Kier molecular flexibility index (Phi) is 12.8. The Bertz CT molecular complexity index is 81.6. The summed E-state index contributed by atoms with van der Waals surface area (Å²) in [5.41, 5.74) is 0. The van der Waals surface area contributed by atoms with E-state index < -0.39 is 0 Å². The summed E-state index contributed by atoms with van der Waals surface area (Å²) < 4.78 is 9.94. The quantitative estimate of drug-likeness (QED) is 0.444. The van der Waals surface area contributed by atoms with E-state index in [2.05, 4.69) is 18.6 Å². The second-order valence-corrected chi connectivity index (χ2v) is 3.64. The molecule has 0 aromatic rings. The third kappa shape index (κ3) is 17.9. The van der Waals surface area contributed by atoms with Gasteiger partial charge in [-0.15, -0.1) is 0 Å². The third-order valence-electron chi connectivity index (χ3n) is 1.99. The molecule has 0 spiro atoms. The molecule has 0 unspecified atom stereocenters. The summed E-state index contributed by atoms with van der Waals surface area (Å²) in [7, 11) is 0. The number of unbranched alkanes of at least 4 members (excludes halogenated alkanes) is 4. The zero-order chi connectivity index (χ0) is 10.5. The van der Waals surface area contributed by atoms with Crippen LogP contribution in [0.2, 0.25) is 0 Å². The van der Waals surface area contributed by atoms with Crippen LogP contribution in [0, 0.1) is 0 Å². The van der Waals surface area contributed by atoms with Crippen molar-refractivity contribution in [2.75, 3.05) is 26.4 Å². The lowest BCUT2D eigenvalue weighted by atomic mass is 10.2. The van der Waals surface area contributed by atoms with Gasteiger partial charge in [0.15, 0.2) is 0 Å². The molecule has 1 aliphatic rings. The number of ether oxygens (including phenoxy) is 2. The topological polar surface area (TPSA) is 21.8 Å². The fraction of sp³-hybridized carbons (Fsp3) is 1.00. The van der Waals surface area contributed by atoms with Crippen LogP contribution in [-0.4, -0.2) is 26.4 Å². The second-order valence-electron chi connectivity index (χ2n) is 3.64. The van der Waals surface area contributed by atoms with E-state index in [1.165, 1.54) is 38.5 Å². The molecule has 14 heavy (non-hydrogen) atoms. The Balaban J connectivity index is 0.000000469. The second kappa shape index (κ2) is 12.9. The van der Waals surface area contributed by atoms with Crippen LogP contribution < -0.4 is 0 Å². The number of hydrogen-bond acceptors (Lipinski definition) is 2. The van der Waals surface area contributed by atoms with Gasteiger partial charge in [0.2, 0.25) is 0 Å². The van der Waals surface area contributed by atoms with Crippen LogP contribution in [0.5, 0.6) is 0 Å². The van der Waals surface area contributed by atoms with E-state index in [0.717, 1.165) is 26.4 Å². The molecule has 0 atom stereocenters. The molecule has 1 saturated heterocycles. The Labute approximate surface area is 89.0 Å². The molecule has 2 heteroatoms. The van der Waals surface area contributed by atoms with Crippen molar-refractivity contribution in [3.05, 3.63) is 0 Å². The molecule has 0 aromatic heterocycles. The number of hydrogen-bond donors (Lipinski definition) is 0. The summed E-state index contributed by atoms with van der Waals surface area (Å²) in [5, 5.41) is 0. The van der Waals surface area contributed by atoms with Crippen LogP contribution in [-0.2, 0) is 9.47 Å². The van der Waals surface area contributed by atoms with Crippen molar-refractivity contribution in [1.82, 2.24) is 0 Å². The van der Waals surface area contributed by atoms with Crippen molar-refractivity contribution < 1.29 is 9.47 Å². The summed E-state index contributed by atoms with van der Waals surface area (Å²) in [5.74, 6) is 0. The molecule has 2 nitrogen and oxygen atoms in total. The molecule has 1 aliphatic heterocycles. The fourth-order valence-electron chi connectivity index (χ4n) is 1.01.